The van der Waals surface area contributed by atoms with Gasteiger partial charge in [0.15, 0.2) is 0 Å². The van der Waals surface area contributed by atoms with Crippen LogP contribution in [0.5, 0.6) is 5.75 Å². The Morgan fingerprint density at radius 1 is 0.957 bits per heavy atom. The summed E-state index contributed by atoms with van der Waals surface area (Å²) in [5.74, 6) is 0.838. The van der Waals surface area contributed by atoms with E-state index in [-0.39, 0.29) is 5.92 Å². The van der Waals surface area contributed by atoms with Crippen molar-refractivity contribution in [2.45, 2.75) is 83.5 Å². The van der Waals surface area contributed by atoms with Gasteiger partial charge < -0.3 is 4.74 Å². The summed E-state index contributed by atoms with van der Waals surface area (Å²) in [5.41, 5.74) is 1.09. The van der Waals surface area contributed by atoms with E-state index in [9.17, 15) is 5.26 Å². The predicted octanol–water partition coefficient (Wildman–Crippen LogP) is 6.61. The molecule has 1 aromatic carbocycles. The van der Waals surface area contributed by atoms with E-state index in [0.717, 1.165) is 24.2 Å². The Morgan fingerprint density at radius 2 is 1.57 bits per heavy atom. The van der Waals surface area contributed by atoms with Crippen molar-refractivity contribution >= 4 is 0 Å². The third kappa shape index (κ3) is 8.65. The smallest absolute Gasteiger partial charge is 0.119 e. The van der Waals surface area contributed by atoms with Crippen molar-refractivity contribution in [2.24, 2.45) is 0 Å². The number of hydrogen-bond acceptors (Lipinski definition) is 2. The maximum atomic E-state index is 9.40. The van der Waals surface area contributed by atoms with E-state index in [2.05, 4.69) is 13.0 Å². The third-order valence-electron chi connectivity index (χ3n) is 4.50. The monoisotopic (exact) mass is 315 g/mol. The van der Waals surface area contributed by atoms with Crippen LogP contribution in [0.3, 0.4) is 0 Å². The Labute approximate surface area is 142 Å². The molecule has 2 nitrogen and oxygen atoms in total. The molecule has 0 heterocycles. The third-order valence-corrected chi connectivity index (χ3v) is 4.50. The van der Waals surface area contributed by atoms with Crippen molar-refractivity contribution in [2.75, 3.05) is 7.11 Å². The largest absolute Gasteiger partial charge is 0.497 e. The van der Waals surface area contributed by atoms with Gasteiger partial charge in [-0.3, -0.25) is 0 Å². The van der Waals surface area contributed by atoms with Gasteiger partial charge in [0.25, 0.3) is 0 Å². The van der Waals surface area contributed by atoms with Crippen LogP contribution in [0.1, 0.15) is 89.0 Å². The highest BCUT2D eigenvalue weighted by molar-refractivity contribution is 5.33. The van der Waals surface area contributed by atoms with E-state index in [4.69, 9.17) is 4.74 Å². The molecule has 0 fully saturated rings. The summed E-state index contributed by atoms with van der Waals surface area (Å²) in [5, 5.41) is 9.40. The summed E-state index contributed by atoms with van der Waals surface area (Å²) in [6, 6.07) is 10.4. The van der Waals surface area contributed by atoms with E-state index >= 15 is 0 Å². The quantitative estimate of drug-likeness (QED) is 0.383. The lowest BCUT2D eigenvalue weighted by Crippen LogP contribution is -1.97. The Bertz CT molecular complexity index is 449. The maximum Gasteiger partial charge on any atom is 0.119 e. The zero-order chi connectivity index (χ0) is 16.8. The minimum Gasteiger partial charge on any atom is -0.497 e. The van der Waals surface area contributed by atoms with Crippen LogP contribution >= 0.6 is 0 Å². The van der Waals surface area contributed by atoms with Crippen molar-refractivity contribution in [3.63, 3.8) is 0 Å². The standard InChI is InChI=1S/C21H33NO/c1-3-4-5-6-7-8-9-10-11-12-14-20(18-22)19-15-13-16-21(17-19)23-2/h13,15-17,20H,3-12,14H2,1-2H3/t20-/m1/s1. The first-order chi connectivity index (χ1) is 11.3. The molecule has 2 heteroatoms. The SMILES string of the molecule is CCCCCCCCCCCC[C@H](C#N)c1cccc(OC)c1. The van der Waals surface area contributed by atoms with Gasteiger partial charge in [-0.2, -0.15) is 5.26 Å². The highest BCUT2D eigenvalue weighted by atomic mass is 16.5. The molecule has 1 rings (SSSR count). The van der Waals surface area contributed by atoms with Crippen LogP contribution in [0, 0.1) is 11.3 Å². The molecule has 0 spiro atoms. The molecule has 0 unspecified atom stereocenters. The van der Waals surface area contributed by atoms with Gasteiger partial charge in [0.05, 0.1) is 19.1 Å². The summed E-state index contributed by atoms with van der Waals surface area (Å²) in [7, 11) is 1.67. The van der Waals surface area contributed by atoms with Crippen LogP contribution < -0.4 is 4.74 Å². The molecule has 0 aliphatic rings. The Kier molecular flexibility index (Phi) is 11.0. The molecule has 0 bridgehead atoms. The van der Waals surface area contributed by atoms with Crippen LogP contribution in [-0.2, 0) is 0 Å². The van der Waals surface area contributed by atoms with E-state index in [1.807, 2.05) is 24.3 Å². The molecule has 0 radical (unpaired) electrons. The number of unbranched alkanes of at least 4 members (excludes halogenated alkanes) is 9. The fraction of sp³-hybridized carbons (Fsp3) is 0.667. The first-order valence-electron chi connectivity index (χ1n) is 9.35. The van der Waals surface area contributed by atoms with Gasteiger partial charge in [0.2, 0.25) is 0 Å². The normalized spacial score (nSPS) is 11.9. The molecule has 0 amide bonds. The molecular weight excluding hydrogens is 282 g/mol. The number of benzene rings is 1. The zero-order valence-corrected chi connectivity index (χ0v) is 15.0. The molecule has 128 valence electrons. The number of hydrogen-bond donors (Lipinski definition) is 0. The van der Waals surface area contributed by atoms with Crippen molar-refractivity contribution in [3.05, 3.63) is 29.8 Å². The second-order valence-corrected chi connectivity index (χ2v) is 6.43. The number of ether oxygens (including phenoxy) is 1. The average Bonchev–Trinajstić information content (AvgIpc) is 2.60. The predicted molar refractivity (Wildman–Crippen MR) is 97.8 cm³/mol. The Balaban J connectivity index is 2.12. The Hall–Kier alpha value is -1.49. The fourth-order valence-corrected chi connectivity index (χ4v) is 3.00. The molecular formula is C21H33NO. The number of methoxy groups -OCH3 is 1. The topological polar surface area (TPSA) is 33.0 Å². The molecule has 1 atom stereocenters. The van der Waals surface area contributed by atoms with Gasteiger partial charge in [0, 0.05) is 0 Å². The van der Waals surface area contributed by atoms with Crippen LogP contribution in [-0.4, -0.2) is 7.11 Å². The van der Waals surface area contributed by atoms with Gasteiger partial charge in [0.1, 0.15) is 5.75 Å². The first kappa shape index (κ1) is 19.6. The summed E-state index contributed by atoms with van der Waals surface area (Å²) in [6.07, 6.45) is 14.3. The molecule has 0 aromatic heterocycles. The summed E-state index contributed by atoms with van der Waals surface area (Å²) >= 11 is 0. The molecule has 0 aliphatic carbocycles. The van der Waals surface area contributed by atoms with E-state index < -0.39 is 0 Å². The van der Waals surface area contributed by atoms with E-state index in [1.54, 1.807) is 7.11 Å². The highest BCUT2D eigenvalue weighted by Gasteiger charge is 2.10. The average molecular weight is 316 g/mol. The second-order valence-electron chi connectivity index (χ2n) is 6.43. The lowest BCUT2D eigenvalue weighted by atomic mass is 9.94. The number of nitrogens with zero attached hydrogens (tertiary/aromatic N) is 1. The molecule has 0 N–H and O–H groups in total. The van der Waals surface area contributed by atoms with E-state index in [0.29, 0.717) is 0 Å². The second kappa shape index (κ2) is 13.0. The minimum atomic E-state index is -0.000793. The lowest BCUT2D eigenvalue weighted by molar-refractivity contribution is 0.414. The summed E-state index contributed by atoms with van der Waals surface area (Å²) in [6.45, 7) is 2.26. The maximum absolute atomic E-state index is 9.40. The van der Waals surface area contributed by atoms with Crippen molar-refractivity contribution in [1.29, 1.82) is 5.26 Å². The summed E-state index contributed by atoms with van der Waals surface area (Å²) < 4.78 is 5.25. The summed E-state index contributed by atoms with van der Waals surface area (Å²) in [4.78, 5) is 0. The van der Waals surface area contributed by atoms with E-state index in [1.165, 1.54) is 57.8 Å². The lowest BCUT2D eigenvalue weighted by Gasteiger charge is -2.10. The molecule has 0 saturated heterocycles. The van der Waals surface area contributed by atoms with Crippen molar-refractivity contribution in [1.82, 2.24) is 0 Å². The molecule has 23 heavy (non-hydrogen) atoms. The number of nitriles is 1. The number of rotatable bonds is 13. The van der Waals surface area contributed by atoms with Crippen LogP contribution in [0.2, 0.25) is 0 Å². The zero-order valence-electron chi connectivity index (χ0n) is 15.0. The van der Waals surface area contributed by atoms with Gasteiger partial charge in [-0.15, -0.1) is 0 Å². The fourth-order valence-electron chi connectivity index (χ4n) is 3.00. The van der Waals surface area contributed by atoms with Crippen LogP contribution in [0.4, 0.5) is 0 Å². The van der Waals surface area contributed by atoms with Gasteiger partial charge in [-0.1, -0.05) is 83.3 Å². The van der Waals surface area contributed by atoms with Gasteiger partial charge >= 0.3 is 0 Å². The Morgan fingerprint density at radius 3 is 2.13 bits per heavy atom. The van der Waals surface area contributed by atoms with Crippen LogP contribution in [0.25, 0.3) is 0 Å². The van der Waals surface area contributed by atoms with Crippen LogP contribution in [0.15, 0.2) is 24.3 Å². The molecule has 0 saturated carbocycles. The van der Waals surface area contributed by atoms with Crippen molar-refractivity contribution in [3.8, 4) is 11.8 Å². The molecule has 1 aromatic rings. The molecule has 0 aliphatic heterocycles. The van der Waals surface area contributed by atoms with Gasteiger partial charge in [-0.05, 0) is 24.1 Å². The van der Waals surface area contributed by atoms with Gasteiger partial charge in [-0.25, -0.2) is 0 Å². The minimum absolute atomic E-state index is 0.000793. The first-order valence-corrected chi connectivity index (χ1v) is 9.35. The van der Waals surface area contributed by atoms with Crippen molar-refractivity contribution < 1.29 is 4.74 Å². The highest BCUT2D eigenvalue weighted by Crippen LogP contribution is 2.25.